The second kappa shape index (κ2) is 8.15. The van der Waals surface area contributed by atoms with Crippen molar-refractivity contribution in [1.29, 1.82) is 0 Å². The van der Waals surface area contributed by atoms with Gasteiger partial charge in [0.05, 0.1) is 38.8 Å². The van der Waals surface area contributed by atoms with Gasteiger partial charge < -0.3 is 19.6 Å². The van der Waals surface area contributed by atoms with Gasteiger partial charge in [-0.2, -0.15) is 0 Å². The number of ether oxygens (including phenoxy) is 1. The average molecular weight is 425 g/mol. The predicted octanol–water partition coefficient (Wildman–Crippen LogP) is 1.72. The molecule has 31 heavy (non-hydrogen) atoms. The summed E-state index contributed by atoms with van der Waals surface area (Å²) in [5.74, 6) is -1.62. The maximum Gasteiger partial charge on any atom is 0.295 e. The number of nitrogens with zero attached hydrogens (tertiary/aromatic N) is 1. The summed E-state index contributed by atoms with van der Waals surface area (Å²) in [5.41, 5.74) is 1.43. The SMILES string of the molecule is C[C@@H]1Cc2cc(C(O)=C3C(=O)C(=O)N(CC[NH+](C)C)[C@@H]3c3ccccc3F)ccc2O1. The number of halogens is 1. The number of hydrogen-bond donors (Lipinski definition) is 2. The van der Waals surface area contributed by atoms with E-state index in [-0.39, 0.29) is 29.5 Å². The summed E-state index contributed by atoms with van der Waals surface area (Å²) in [6.45, 7) is 2.79. The summed E-state index contributed by atoms with van der Waals surface area (Å²) in [6, 6.07) is 10.2. The molecule has 0 bridgehead atoms. The molecule has 2 aromatic rings. The molecule has 1 saturated heterocycles. The quantitative estimate of drug-likeness (QED) is 0.435. The van der Waals surface area contributed by atoms with E-state index < -0.39 is 23.5 Å². The molecule has 0 aromatic heterocycles. The van der Waals surface area contributed by atoms with Gasteiger partial charge in [-0.3, -0.25) is 9.59 Å². The van der Waals surface area contributed by atoms with Crippen LogP contribution in [0.2, 0.25) is 0 Å². The number of rotatable bonds is 5. The molecule has 2 aromatic carbocycles. The van der Waals surface area contributed by atoms with Gasteiger partial charge in [0.15, 0.2) is 0 Å². The topological polar surface area (TPSA) is 71.3 Å². The number of likely N-dealkylation sites (tertiary alicyclic amines) is 1. The summed E-state index contributed by atoms with van der Waals surface area (Å²) in [7, 11) is 3.87. The van der Waals surface area contributed by atoms with Crippen molar-refractivity contribution < 1.29 is 28.7 Å². The fourth-order valence-electron chi connectivity index (χ4n) is 4.20. The van der Waals surface area contributed by atoms with Crippen molar-refractivity contribution in [3.63, 3.8) is 0 Å². The number of fused-ring (bicyclic) bond motifs is 1. The Hall–Kier alpha value is -3.19. The molecule has 7 heteroatoms. The Morgan fingerprint density at radius 3 is 2.68 bits per heavy atom. The minimum Gasteiger partial charge on any atom is -0.507 e. The molecule has 4 rings (SSSR count). The Balaban J connectivity index is 1.84. The largest absolute Gasteiger partial charge is 0.507 e. The van der Waals surface area contributed by atoms with Crippen LogP contribution < -0.4 is 9.64 Å². The zero-order valence-corrected chi connectivity index (χ0v) is 17.8. The van der Waals surface area contributed by atoms with Crippen LogP contribution in [0.5, 0.6) is 5.75 Å². The van der Waals surface area contributed by atoms with E-state index in [1.807, 2.05) is 21.0 Å². The van der Waals surface area contributed by atoms with Gasteiger partial charge in [0, 0.05) is 17.5 Å². The van der Waals surface area contributed by atoms with E-state index in [2.05, 4.69) is 0 Å². The lowest BCUT2D eigenvalue weighted by Gasteiger charge is -2.26. The number of benzene rings is 2. The summed E-state index contributed by atoms with van der Waals surface area (Å²) < 4.78 is 20.5. The summed E-state index contributed by atoms with van der Waals surface area (Å²) in [4.78, 5) is 28.3. The lowest BCUT2D eigenvalue weighted by molar-refractivity contribution is -0.857. The molecular formula is C24H26FN2O4+. The first-order chi connectivity index (χ1) is 14.8. The molecule has 0 spiro atoms. The van der Waals surface area contributed by atoms with E-state index in [1.54, 1.807) is 36.4 Å². The molecule has 0 aliphatic carbocycles. The molecule has 2 heterocycles. The highest BCUT2D eigenvalue weighted by Crippen LogP contribution is 2.41. The van der Waals surface area contributed by atoms with Crippen molar-refractivity contribution in [2.75, 3.05) is 27.2 Å². The van der Waals surface area contributed by atoms with E-state index in [4.69, 9.17) is 4.74 Å². The zero-order chi connectivity index (χ0) is 22.3. The van der Waals surface area contributed by atoms with Crippen LogP contribution in [0.15, 0.2) is 48.0 Å². The number of hydrogen-bond acceptors (Lipinski definition) is 4. The van der Waals surface area contributed by atoms with Gasteiger partial charge >= 0.3 is 0 Å². The number of quaternary nitrogens is 1. The number of amides is 1. The standard InChI is InChI=1S/C24H25FN2O4/c1-14-12-16-13-15(8-9-19(16)31-14)22(28)20-21(17-6-4-5-7-18(17)25)27(11-10-26(2)3)24(30)23(20)29/h4-9,13-14,21,28H,10-12H2,1-3H3/p+1/t14-,21-/m1/s1. The molecule has 0 saturated carbocycles. The monoisotopic (exact) mass is 425 g/mol. The summed E-state index contributed by atoms with van der Waals surface area (Å²) in [6.07, 6.45) is 0.720. The van der Waals surface area contributed by atoms with E-state index in [9.17, 15) is 19.1 Å². The van der Waals surface area contributed by atoms with Crippen molar-refractivity contribution in [3.05, 3.63) is 70.5 Å². The van der Waals surface area contributed by atoms with Gasteiger partial charge in [0.2, 0.25) is 0 Å². The van der Waals surface area contributed by atoms with Gasteiger partial charge in [-0.15, -0.1) is 0 Å². The molecule has 162 valence electrons. The molecule has 2 N–H and O–H groups in total. The number of carbonyl (C=O) groups excluding carboxylic acids is 2. The Bertz CT molecular complexity index is 1080. The summed E-state index contributed by atoms with van der Waals surface area (Å²) in [5, 5.41) is 11.1. The lowest BCUT2D eigenvalue weighted by atomic mass is 9.94. The molecule has 0 unspecified atom stereocenters. The van der Waals surface area contributed by atoms with Crippen LogP contribution in [0.25, 0.3) is 5.76 Å². The van der Waals surface area contributed by atoms with E-state index >= 15 is 0 Å². The fourth-order valence-corrected chi connectivity index (χ4v) is 4.20. The first kappa shape index (κ1) is 21.1. The number of likely N-dealkylation sites (N-methyl/N-ethyl adjacent to an activating group) is 1. The molecule has 2 atom stereocenters. The van der Waals surface area contributed by atoms with Crippen LogP contribution in [0.3, 0.4) is 0 Å². The first-order valence-corrected chi connectivity index (χ1v) is 10.4. The summed E-state index contributed by atoms with van der Waals surface area (Å²) >= 11 is 0. The number of carbonyl (C=O) groups is 2. The molecule has 1 fully saturated rings. The number of nitrogens with one attached hydrogen (secondary N) is 1. The molecule has 0 radical (unpaired) electrons. The van der Waals surface area contributed by atoms with Crippen molar-refractivity contribution in [1.82, 2.24) is 4.90 Å². The third kappa shape index (κ3) is 3.81. The van der Waals surface area contributed by atoms with Gasteiger partial charge in [0.1, 0.15) is 23.4 Å². The molecule has 1 amide bonds. The molecular weight excluding hydrogens is 399 g/mol. The number of aliphatic hydroxyl groups excluding tert-OH is 1. The third-order valence-electron chi connectivity index (χ3n) is 5.76. The highest BCUT2D eigenvalue weighted by Gasteiger charge is 2.47. The van der Waals surface area contributed by atoms with Crippen molar-refractivity contribution in [2.45, 2.75) is 25.5 Å². The van der Waals surface area contributed by atoms with Gasteiger partial charge in [-0.1, -0.05) is 18.2 Å². The van der Waals surface area contributed by atoms with Crippen LogP contribution in [0.4, 0.5) is 4.39 Å². The lowest BCUT2D eigenvalue weighted by Crippen LogP contribution is -3.06. The normalized spacial score (nSPS) is 22.2. The molecule has 6 nitrogen and oxygen atoms in total. The average Bonchev–Trinajstić information content (AvgIpc) is 3.22. The van der Waals surface area contributed by atoms with Crippen LogP contribution >= 0.6 is 0 Å². The Labute approximate surface area is 180 Å². The van der Waals surface area contributed by atoms with Crippen molar-refractivity contribution >= 4 is 17.4 Å². The second-order valence-electron chi connectivity index (χ2n) is 8.43. The van der Waals surface area contributed by atoms with Crippen molar-refractivity contribution in [3.8, 4) is 5.75 Å². The van der Waals surface area contributed by atoms with Crippen LogP contribution in [-0.4, -0.2) is 55.0 Å². The number of aliphatic hydroxyl groups is 1. The molecule has 2 aliphatic rings. The van der Waals surface area contributed by atoms with Gasteiger partial charge in [-0.25, -0.2) is 4.39 Å². The Kier molecular flexibility index (Phi) is 5.54. The minimum absolute atomic E-state index is 0.0323. The molecule has 2 aliphatic heterocycles. The third-order valence-corrected chi connectivity index (χ3v) is 5.76. The highest BCUT2D eigenvalue weighted by atomic mass is 19.1. The van der Waals surface area contributed by atoms with E-state index in [1.165, 1.54) is 11.0 Å². The van der Waals surface area contributed by atoms with Gasteiger partial charge in [0.25, 0.3) is 11.7 Å². The first-order valence-electron chi connectivity index (χ1n) is 10.4. The maximum absolute atomic E-state index is 14.8. The van der Waals surface area contributed by atoms with E-state index in [0.717, 1.165) is 16.2 Å². The fraction of sp³-hybridized carbons (Fsp3) is 0.333. The second-order valence-corrected chi connectivity index (χ2v) is 8.43. The minimum atomic E-state index is -0.982. The Morgan fingerprint density at radius 1 is 1.23 bits per heavy atom. The smallest absolute Gasteiger partial charge is 0.295 e. The highest BCUT2D eigenvalue weighted by molar-refractivity contribution is 6.46. The van der Waals surface area contributed by atoms with E-state index in [0.29, 0.717) is 18.5 Å². The number of Topliss-reactive ketones (excluding diaryl/α,β-unsaturated/α-hetero) is 1. The van der Waals surface area contributed by atoms with Crippen LogP contribution in [0, 0.1) is 5.82 Å². The van der Waals surface area contributed by atoms with Crippen molar-refractivity contribution in [2.24, 2.45) is 0 Å². The van der Waals surface area contributed by atoms with Crippen LogP contribution in [0.1, 0.15) is 29.7 Å². The van der Waals surface area contributed by atoms with Gasteiger partial charge in [-0.05, 0) is 36.8 Å². The number of ketones is 1. The zero-order valence-electron chi connectivity index (χ0n) is 17.8. The predicted molar refractivity (Wildman–Crippen MR) is 113 cm³/mol. The van der Waals surface area contributed by atoms with Crippen LogP contribution in [-0.2, 0) is 16.0 Å². The Morgan fingerprint density at radius 2 is 1.97 bits per heavy atom. The maximum atomic E-state index is 14.8.